The fourth-order valence-electron chi connectivity index (χ4n) is 5.07. The van der Waals surface area contributed by atoms with Crippen molar-refractivity contribution in [2.24, 2.45) is 35.1 Å². The molecule has 124 valence electrons. The van der Waals surface area contributed by atoms with Crippen LogP contribution in [0.1, 0.15) is 84.5 Å². The predicted molar refractivity (Wildman–Crippen MR) is 92.0 cm³/mol. The van der Waals surface area contributed by atoms with Crippen molar-refractivity contribution < 1.29 is 0 Å². The Morgan fingerprint density at radius 2 is 1.14 bits per heavy atom. The molecule has 0 amide bonds. The summed E-state index contributed by atoms with van der Waals surface area (Å²) in [4.78, 5) is 0. The summed E-state index contributed by atoms with van der Waals surface area (Å²) in [6, 6.07) is 0.961. The van der Waals surface area contributed by atoms with Crippen LogP contribution in [-0.2, 0) is 0 Å². The highest BCUT2D eigenvalue weighted by molar-refractivity contribution is 4.87. The lowest BCUT2D eigenvalue weighted by Gasteiger charge is -2.39. The lowest BCUT2D eigenvalue weighted by atomic mass is 9.69. The van der Waals surface area contributed by atoms with Gasteiger partial charge in [0.1, 0.15) is 0 Å². The summed E-state index contributed by atoms with van der Waals surface area (Å²) in [7, 11) is 0. The summed E-state index contributed by atoms with van der Waals surface area (Å²) in [5.41, 5.74) is 12.6. The van der Waals surface area contributed by atoms with Gasteiger partial charge in [-0.25, -0.2) is 0 Å². The summed E-state index contributed by atoms with van der Waals surface area (Å²) in [5.74, 6) is 3.49. The van der Waals surface area contributed by atoms with Gasteiger partial charge in [0.15, 0.2) is 0 Å². The first-order chi connectivity index (χ1) is 10.1. The maximum absolute atomic E-state index is 6.32. The standard InChI is InChI=1S/C19H38N2/c1-3-5-16-12-14(7-9-18(16)20)11-15-8-10-19(21)17(13-15)6-4-2/h14-19H,3-13,20-21H2,1-2H3. The fraction of sp³-hybridized carbons (Fsp3) is 1.00. The third-order valence-electron chi connectivity index (χ3n) is 6.29. The van der Waals surface area contributed by atoms with Crippen LogP contribution >= 0.6 is 0 Å². The second kappa shape index (κ2) is 8.53. The fourth-order valence-corrected chi connectivity index (χ4v) is 5.07. The van der Waals surface area contributed by atoms with E-state index in [1.165, 1.54) is 70.6 Å². The Morgan fingerprint density at radius 1 is 0.714 bits per heavy atom. The second-order valence-electron chi connectivity index (χ2n) is 8.02. The highest BCUT2D eigenvalue weighted by Crippen LogP contribution is 2.40. The number of rotatable bonds is 6. The zero-order valence-electron chi connectivity index (χ0n) is 14.4. The van der Waals surface area contributed by atoms with Gasteiger partial charge in [0, 0.05) is 12.1 Å². The largest absolute Gasteiger partial charge is 0.327 e. The van der Waals surface area contributed by atoms with Crippen LogP contribution in [0.5, 0.6) is 0 Å². The van der Waals surface area contributed by atoms with Gasteiger partial charge in [-0.15, -0.1) is 0 Å². The van der Waals surface area contributed by atoms with Gasteiger partial charge in [-0.05, 0) is 81.5 Å². The predicted octanol–water partition coefficient (Wildman–Crippen LogP) is 4.46. The molecule has 4 N–H and O–H groups in total. The van der Waals surface area contributed by atoms with E-state index in [9.17, 15) is 0 Å². The van der Waals surface area contributed by atoms with E-state index < -0.39 is 0 Å². The molecule has 2 aliphatic rings. The van der Waals surface area contributed by atoms with Gasteiger partial charge in [0.2, 0.25) is 0 Å². The average Bonchev–Trinajstić information content (AvgIpc) is 2.47. The molecule has 2 heteroatoms. The van der Waals surface area contributed by atoms with Crippen LogP contribution in [0.25, 0.3) is 0 Å². The van der Waals surface area contributed by atoms with Crippen molar-refractivity contribution in [1.29, 1.82) is 0 Å². The monoisotopic (exact) mass is 294 g/mol. The van der Waals surface area contributed by atoms with Crippen LogP contribution in [0.15, 0.2) is 0 Å². The first-order valence-corrected chi connectivity index (χ1v) is 9.65. The molecule has 2 saturated carbocycles. The minimum absolute atomic E-state index is 0.480. The van der Waals surface area contributed by atoms with Gasteiger partial charge in [0.25, 0.3) is 0 Å². The van der Waals surface area contributed by atoms with Gasteiger partial charge in [-0.2, -0.15) is 0 Å². The van der Waals surface area contributed by atoms with Crippen LogP contribution in [0.2, 0.25) is 0 Å². The van der Waals surface area contributed by atoms with Crippen molar-refractivity contribution in [2.45, 2.75) is 96.6 Å². The molecule has 2 nitrogen and oxygen atoms in total. The normalized spacial score (nSPS) is 41.1. The highest BCUT2D eigenvalue weighted by atomic mass is 14.7. The Hall–Kier alpha value is -0.0800. The van der Waals surface area contributed by atoms with Gasteiger partial charge in [-0.3, -0.25) is 0 Å². The van der Waals surface area contributed by atoms with E-state index in [4.69, 9.17) is 11.5 Å². The van der Waals surface area contributed by atoms with Gasteiger partial charge in [-0.1, -0.05) is 26.7 Å². The second-order valence-corrected chi connectivity index (χ2v) is 8.02. The van der Waals surface area contributed by atoms with Crippen molar-refractivity contribution >= 4 is 0 Å². The molecular weight excluding hydrogens is 256 g/mol. The van der Waals surface area contributed by atoms with Gasteiger partial charge in [0.05, 0.1) is 0 Å². The van der Waals surface area contributed by atoms with E-state index in [1.807, 2.05) is 0 Å². The molecule has 0 bridgehead atoms. The van der Waals surface area contributed by atoms with Crippen LogP contribution in [0, 0.1) is 23.7 Å². The number of hydrogen-bond donors (Lipinski definition) is 2. The smallest absolute Gasteiger partial charge is 0.00673 e. The minimum Gasteiger partial charge on any atom is -0.327 e. The summed E-state index contributed by atoms with van der Waals surface area (Å²) in [6.07, 6.45) is 14.8. The first-order valence-electron chi connectivity index (χ1n) is 9.65. The van der Waals surface area contributed by atoms with E-state index >= 15 is 0 Å². The molecule has 0 saturated heterocycles. The zero-order valence-corrected chi connectivity index (χ0v) is 14.4. The molecule has 2 aliphatic carbocycles. The Labute approximate surface area is 132 Å². The quantitative estimate of drug-likeness (QED) is 0.759. The van der Waals surface area contributed by atoms with Crippen LogP contribution in [0.3, 0.4) is 0 Å². The minimum atomic E-state index is 0.480. The zero-order chi connectivity index (χ0) is 15.2. The average molecular weight is 295 g/mol. The molecule has 2 rings (SSSR count). The maximum atomic E-state index is 6.32. The van der Waals surface area contributed by atoms with Crippen LogP contribution in [-0.4, -0.2) is 12.1 Å². The third kappa shape index (κ3) is 4.96. The highest BCUT2D eigenvalue weighted by Gasteiger charge is 2.32. The van der Waals surface area contributed by atoms with E-state index in [2.05, 4.69) is 13.8 Å². The molecule has 0 aromatic rings. The molecule has 2 fully saturated rings. The summed E-state index contributed by atoms with van der Waals surface area (Å²) in [5, 5.41) is 0. The Morgan fingerprint density at radius 3 is 1.52 bits per heavy atom. The van der Waals surface area contributed by atoms with E-state index in [0.29, 0.717) is 12.1 Å². The van der Waals surface area contributed by atoms with Crippen molar-refractivity contribution in [2.75, 3.05) is 0 Å². The van der Waals surface area contributed by atoms with Crippen molar-refractivity contribution in [3.63, 3.8) is 0 Å². The van der Waals surface area contributed by atoms with E-state index in [-0.39, 0.29) is 0 Å². The molecule has 0 heterocycles. The SMILES string of the molecule is CCCC1CC(CC2CCC(N)C(CCC)C2)CCC1N. The van der Waals surface area contributed by atoms with Crippen molar-refractivity contribution in [3.8, 4) is 0 Å². The summed E-state index contributed by atoms with van der Waals surface area (Å²) in [6.45, 7) is 4.60. The molecule has 6 atom stereocenters. The lowest BCUT2D eigenvalue weighted by molar-refractivity contribution is 0.150. The molecule has 21 heavy (non-hydrogen) atoms. The van der Waals surface area contributed by atoms with Crippen LogP contribution < -0.4 is 11.5 Å². The Kier molecular flexibility index (Phi) is 7.01. The molecule has 0 aliphatic heterocycles. The number of hydrogen-bond acceptors (Lipinski definition) is 2. The maximum Gasteiger partial charge on any atom is 0.00673 e. The molecular formula is C19H38N2. The van der Waals surface area contributed by atoms with Crippen molar-refractivity contribution in [3.05, 3.63) is 0 Å². The van der Waals surface area contributed by atoms with Gasteiger partial charge >= 0.3 is 0 Å². The van der Waals surface area contributed by atoms with Gasteiger partial charge < -0.3 is 11.5 Å². The van der Waals surface area contributed by atoms with Crippen LogP contribution in [0.4, 0.5) is 0 Å². The molecule has 0 radical (unpaired) electrons. The topological polar surface area (TPSA) is 52.0 Å². The summed E-state index contributed by atoms with van der Waals surface area (Å²) >= 11 is 0. The summed E-state index contributed by atoms with van der Waals surface area (Å²) < 4.78 is 0. The molecule has 6 unspecified atom stereocenters. The molecule has 0 spiro atoms. The molecule has 0 aromatic heterocycles. The van der Waals surface area contributed by atoms with E-state index in [1.54, 1.807) is 0 Å². The van der Waals surface area contributed by atoms with Crippen molar-refractivity contribution in [1.82, 2.24) is 0 Å². The molecule has 0 aromatic carbocycles. The third-order valence-corrected chi connectivity index (χ3v) is 6.29. The number of nitrogens with two attached hydrogens (primary N) is 2. The van der Waals surface area contributed by atoms with E-state index in [0.717, 1.165) is 23.7 Å². The Balaban J connectivity index is 1.81. The first kappa shape index (κ1) is 17.3. The lowest BCUT2D eigenvalue weighted by Crippen LogP contribution is -2.39. The Bertz CT molecular complexity index is 263.